The fraction of sp³-hybridized carbons (Fsp3) is 0.444. The first-order valence-electron chi connectivity index (χ1n) is 4.50. The molecule has 0 saturated heterocycles. The molecule has 2 heterocycles. The number of nitrogens with one attached hydrogen (secondary N) is 2. The minimum absolute atomic E-state index is 0.216. The molecule has 0 aromatic carbocycles. The van der Waals surface area contributed by atoms with E-state index in [0.29, 0.717) is 17.8 Å². The lowest BCUT2D eigenvalue weighted by atomic mass is 10.0. The van der Waals surface area contributed by atoms with Gasteiger partial charge in [0.05, 0.1) is 23.5 Å². The van der Waals surface area contributed by atoms with Crippen molar-refractivity contribution in [1.29, 1.82) is 0 Å². The van der Waals surface area contributed by atoms with Crippen LogP contribution in [0.4, 0.5) is 0 Å². The third kappa shape index (κ3) is 1.21. The molecule has 0 saturated carbocycles. The van der Waals surface area contributed by atoms with Gasteiger partial charge in [-0.1, -0.05) is 13.8 Å². The summed E-state index contributed by atoms with van der Waals surface area (Å²) in [7, 11) is 0. The van der Waals surface area contributed by atoms with E-state index in [1.807, 2.05) is 13.8 Å². The zero-order chi connectivity index (χ0) is 10.3. The van der Waals surface area contributed by atoms with Crippen molar-refractivity contribution in [1.82, 2.24) is 9.97 Å². The molecule has 0 atom stereocenters. The Morgan fingerprint density at radius 1 is 1.29 bits per heavy atom. The van der Waals surface area contributed by atoms with E-state index in [1.54, 1.807) is 0 Å². The molecule has 0 amide bonds. The topological polar surface area (TPSA) is 78.1 Å². The van der Waals surface area contributed by atoms with Gasteiger partial charge in [0.25, 0.3) is 5.56 Å². The first-order valence-corrected chi connectivity index (χ1v) is 4.50. The van der Waals surface area contributed by atoms with Gasteiger partial charge in [-0.15, -0.1) is 0 Å². The van der Waals surface area contributed by atoms with Crippen LogP contribution in [0.1, 0.15) is 25.1 Å². The summed E-state index contributed by atoms with van der Waals surface area (Å²) in [6.07, 6.45) is 0. The van der Waals surface area contributed by atoms with Gasteiger partial charge in [0.15, 0.2) is 0 Å². The summed E-state index contributed by atoms with van der Waals surface area (Å²) in [6, 6.07) is 0. The van der Waals surface area contributed by atoms with Crippen LogP contribution < -0.4 is 11.2 Å². The van der Waals surface area contributed by atoms with Crippen molar-refractivity contribution in [3.05, 3.63) is 32.1 Å². The first-order chi connectivity index (χ1) is 6.59. The van der Waals surface area contributed by atoms with Gasteiger partial charge in [0, 0.05) is 0 Å². The Kier molecular flexibility index (Phi) is 1.87. The number of hydrogen-bond acceptors (Lipinski definition) is 3. The van der Waals surface area contributed by atoms with Crippen LogP contribution in [0.25, 0.3) is 0 Å². The molecule has 5 nitrogen and oxygen atoms in total. The van der Waals surface area contributed by atoms with Crippen LogP contribution in [0.3, 0.4) is 0 Å². The van der Waals surface area contributed by atoms with E-state index in [1.165, 1.54) is 0 Å². The van der Waals surface area contributed by atoms with Gasteiger partial charge in [-0.2, -0.15) is 0 Å². The van der Waals surface area contributed by atoms with E-state index in [4.69, 9.17) is 0 Å². The van der Waals surface area contributed by atoms with E-state index in [-0.39, 0.29) is 11.5 Å². The summed E-state index contributed by atoms with van der Waals surface area (Å²) < 4.78 is 0. The minimum atomic E-state index is -0.469. The zero-order valence-electron chi connectivity index (χ0n) is 8.05. The van der Waals surface area contributed by atoms with Crippen molar-refractivity contribution in [2.75, 3.05) is 0 Å². The van der Waals surface area contributed by atoms with Crippen molar-refractivity contribution in [3.63, 3.8) is 0 Å². The third-order valence-electron chi connectivity index (χ3n) is 2.25. The SMILES string of the molecule is CC(C)C1=NCc2c1[nH]c(=O)[nH]c2=O. The summed E-state index contributed by atoms with van der Waals surface area (Å²) in [5.41, 5.74) is 1.18. The van der Waals surface area contributed by atoms with Crippen molar-refractivity contribution in [3.8, 4) is 0 Å². The van der Waals surface area contributed by atoms with E-state index in [2.05, 4.69) is 15.0 Å². The molecule has 1 aromatic rings. The number of hydrogen-bond donors (Lipinski definition) is 2. The number of aliphatic imine (C=N–C) groups is 1. The van der Waals surface area contributed by atoms with Crippen LogP contribution in [0, 0.1) is 5.92 Å². The lowest BCUT2D eigenvalue weighted by Gasteiger charge is -2.04. The molecule has 0 radical (unpaired) electrons. The predicted octanol–water partition coefficient (Wildman–Crippen LogP) is 0.0219. The van der Waals surface area contributed by atoms with Gasteiger partial charge >= 0.3 is 5.69 Å². The third-order valence-corrected chi connectivity index (χ3v) is 2.25. The van der Waals surface area contributed by atoms with Gasteiger partial charge in [0.1, 0.15) is 0 Å². The number of rotatable bonds is 1. The highest BCUT2D eigenvalue weighted by Crippen LogP contribution is 2.16. The van der Waals surface area contributed by atoms with E-state index < -0.39 is 5.69 Å². The van der Waals surface area contributed by atoms with E-state index in [0.717, 1.165) is 5.71 Å². The Bertz CT molecular complexity index is 508. The molecule has 1 aromatic heterocycles. The minimum Gasteiger partial charge on any atom is -0.305 e. The number of nitrogens with zero attached hydrogens (tertiary/aromatic N) is 1. The highest BCUT2D eigenvalue weighted by molar-refractivity contribution is 6.03. The average molecular weight is 193 g/mol. The summed E-state index contributed by atoms with van der Waals surface area (Å²) in [4.78, 5) is 31.4. The molecule has 14 heavy (non-hydrogen) atoms. The summed E-state index contributed by atoms with van der Waals surface area (Å²) in [6.45, 7) is 4.33. The second-order valence-corrected chi connectivity index (χ2v) is 3.62. The van der Waals surface area contributed by atoms with Crippen molar-refractivity contribution < 1.29 is 0 Å². The second kappa shape index (κ2) is 2.94. The molecule has 0 spiro atoms. The Labute approximate surface area is 79.9 Å². The largest absolute Gasteiger partial charge is 0.326 e. The number of aromatic amines is 2. The molecule has 1 aliphatic heterocycles. The molecule has 1 aliphatic rings. The summed E-state index contributed by atoms with van der Waals surface area (Å²) in [5.74, 6) is 0.216. The molecule has 0 aliphatic carbocycles. The van der Waals surface area contributed by atoms with Crippen molar-refractivity contribution in [2.45, 2.75) is 20.4 Å². The second-order valence-electron chi connectivity index (χ2n) is 3.62. The predicted molar refractivity (Wildman–Crippen MR) is 52.8 cm³/mol. The lowest BCUT2D eigenvalue weighted by Crippen LogP contribution is -2.28. The molecule has 0 fully saturated rings. The van der Waals surface area contributed by atoms with Gasteiger partial charge in [-0.3, -0.25) is 14.8 Å². The van der Waals surface area contributed by atoms with E-state index in [9.17, 15) is 9.59 Å². The molecular weight excluding hydrogens is 182 g/mol. The Hall–Kier alpha value is -1.65. The molecule has 5 heteroatoms. The Morgan fingerprint density at radius 2 is 2.00 bits per heavy atom. The maximum absolute atomic E-state index is 11.4. The summed E-state index contributed by atoms with van der Waals surface area (Å²) >= 11 is 0. The maximum atomic E-state index is 11.4. The molecular formula is C9H11N3O2. The molecule has 2 rings (SSSR count). The van der Waals surface area contributed by atoms with Gasteiger partial charge in [-0.05, 0) is 5.92 Å². The fourth-order valence-electron chi connectivity index (χ4n) is 1.60. The van der Waals surface area contributed by atoms with Crippen molar-refractivity contribution >= 4 is 5.71 Å². The van der Waals surface area contributed by atoms with Crippen LogP contribution >= 0.6 is 0 Å². The average Bonchev–Trinajstić information content (AvgIpc) is 2.47. The first kappa shape index (κ1) is 8.93. The number of aromatic nitrogens is 2. The zero-order valence-corrected chi connectivity index (χ0v) is 8.05. The highest BCUT2D eigenvalue weighted by Gasteiger charge is 2.21. The fourth-order valence-corrected chi connectivity index (χ4v) is 1.60. The van der Waals surface area contributed by atoms with Crippen LogP contribution in [-0.4, -0.2) is 15.7 Å². The molecule has 2 N–H and O–H groups in total. The molecule has 0 bridgehead atoms. The normalized spacial score (nSPS) is 14.4. The monoisotopic (exact) mass is 193 g/mol. The van der Waals surface area contributed by atoms with Crippen LogP contribution in [0.5, 0.6) is 0 Å². The van der Waals surface area contributed by atoms with Crippen LogP contribution in [-0.2, 0) is 6.54 Å². The van der Waals surface area contributed by atoms with Crippen molar-refractivity contribution in [2.24, 2.45) is 10.9 Å². The van der Waals surface area contributed by atoms with Gasteiger partial charge in [-0.25, -0.2) is 4.79 Å². The van der Waals surface area contributed by atoms with Crippen LogP contribution in [0.15, 0.2) is 14.6 Å². The smallest absolute Gasteiger partial charge is 0.305 e. The maximum Gasteiger partial charge on any atom is 0.326 e. The lowest BCUT2D eigenvalue weighted by molar-refractivity contribution is 0.877. The summed E-state index contributed by atoms with van der Waals surface area (Å²) in [5, 5.41) is 0. The number of H-pyrrole nitrogens is 2. The van der Waals surface area contributed by atoms with Gasteiger partial charge in [0.2, 0.25) is 0 Å². The Balaban J connectivity index is 2.67. The Morgan fingerprint density at radius 3 is 2.64 bits per heavy atom. The standard InChI is InChI=1S/C9H11N3O2/c1-4(2)6-7-5(3-10-6)8(13)12-9(14)11-7/h4H,3H2,1-2H3,(H2,11,12,13,14). The van der Waals surface area contributed by atoms with E-state index >= 15 is 0 Å². The molecule has 74 valence electrons. The molecule has 0 unspecified atom stereocenters. The van der Waals surface area contributed by atoms with Gasteiger partial charge < -0.3 is 4.98 Å². The highest BCUT2D eigenvalue weighted by atomic mass is 16.2. The van der Waals surface area contributed by atoms with Crippen LogP contribution in [0.2, 0.25) is 0 Å². The number of fused-ring (bicyclic) bond motifs is 1. The quantitative estimate of drug-likeness (QED) is 0.659.